The van der Waals surface area contributed by atoms with Gasteiger partial charge in [0.25, 0.3) is 0 Å². The van der Waals surface area contributed by atoms with E-state index in [0.29, 0.717) is 23.4 Å². The fourth-order valence-corrected chi connectivity index (χ4v) is 3.52. The lowest BCUT2D eigenvalue weighted by Gasteiger charge is -2.24. The maximum atomic E-state index is 12.5. The highest BCUT2D eigenvalue weighted by Crippen LogP contribution is 2.32. The number of carbonyl (C=O) groups excluding carboxylic acids is 2. The second-order valence-corrected chi connectivity index (χ2v) is 7.29. The van der Waals surface area contributed by atoms with E-state index in [1.807, 2.05) is 13.0 Å². The van der Waals surface area contributed by atoms with E-state index in [1.54, 1.807) is 26.0 Å². The Bertz CT molecular complexity index is 677. The summed E-state index contributed by atoms with van der Waals surface area (Å²) in [6, 6.07) is 1.67. The van der Waals surface area contributed by atoms with Crippen molar-refractivity contribution in [3.05, 3.63) is 28.7 Å². The number of hydrogen-bond donors (Lipinski definition) is 2. The highest BCUT2D eigenvalue weighted by Gasteiger charge is 2.34. The third kappa shape index (κ3) is 4.23. The van der Waals surface area contributed by atoms with E-state index >= 15 is 0 Å². The number of carboxylic acid groups (broad SMARTS) is 1. The van der Waals surface area contributed by atoms with Crippen molar-refractivity contribution in [2.24, 2.45) is 11.8 Å². The SMILES string of the molecule is Cc1cc(C(=O)OC(C)C)c(NC(=O)C2CC=CCC2C(=O)O)s1. The fraction of sp³-hybridized carbons (Fsp3) is 0.471. The van der Waals surface area contributed by atoms with Crippen LogP contribution in [0.25, 0.3) is 0 Å². The summed E-state index contributed by atoms with van der Waals surface area (Å²) in [5, 5.41) is 12.4. The van der Waals surface area contributed by atoms with Crippen LogP contribution in [0.15, 0.2) is 18.2 Å². The lowest BCUT2D eigenvalue weighted by atomic mass is 9.82. The van der Waals surface area contributed by atoms with Gasteiger partial charge >= 0.3 is 11.9 Å². The van der Waals surface area contributed by atoms with Crippen molar-refractivity contribution in [3.8, 4) is 0 Å². The van der Waals surface area contributed by atoms with Crippen molar-refractivity contribution in [1.29, 1.82) is 0 Å². The Balaban J connectivity index is 2.18. The molecule has 2 rings (SSSR count). The normalized spacial score (nSPS) is 20.0. The quantitative estimate of drug-likeness (QED) is 0.627. The Morgan fingerprint density at radius 1 is 1.25 bits per heavy atom. The Labute approximate surface area is 144 Å². The second-order valence-electron chi connectivity index (χ2n) is 6.04. The predicted molar refractivity (Wildman–Crippen MR) is 91.2 cm³/mol. The minimum atomic E-state index is -0.985. The molecule has 2 unspecified atom stereocenters. The van der Waals surface area contributed by atoms with Gasteiger partial charge in [0.15, 0.2) is 0 Å². The summed E-state index contributed by atoms with van der Waals surface area (Å²) in [5.74, 6) is -3.26. The van der Waals surface area contributed by atoms with Crippen LogP contribution in [0.3, 0.4) is 0 Å². The third-order valence-electron chi connectivity index (χ3n) is 3.74. The summed E-state index contributed by atoms with van der Waals surface area (Å²) in [4.78, 5) is 36.9. The minimum Gasteiger partial charge on any atom is -0.481 e. The summed E-state index contributed by atoms with van der Waals surface area (Å²) in [7, 11) is 0. The van der Waals surface area contributed by atoms with E-state index in [2.05, 4.69) is 5.32 Å². The molecule has 1 aliphatic carbocycles. The van der Waals surface area contributed by atoms with Crippen LogP contribution in [0.2, 0.25) is 0 Å². The zero-order valence-corrected chi connectivity index (χ0v) is 14.7. The number of amides is 1. The highest BCUT2D eigenvalue weighted by atomic mass is 32.1. The first-order chi connectivity index (χ1) is 11.3. The lowest BCUT2D eigenvalue weighted by Crippen LogP contribution is -2.34. The van der Waals surface area contributed by atoms with Crippen LogP contribution in [0, 0.1) is 18.8 Å². The van der Waals surface area contributed by atoms with Crippen LogP contribution in [-0.4, -0.2) is 29.1 Å². The van der Waals surface area contributed by atoms with Gasteiger partial charge in [-0.3, -0.25) is 9.59 Å². The van der Waals surface area contributed by atoms with Gasteiger partial charge in [-0.2, -0.15) is 0 Å². The van der Waals surface area contributed by atoms with E-state index in [4.69, 9.17) is 4.74 Å². The van der Waals surface area contributed by atoms with Crippen LogP contribution in [-0.2, 0) is 14.3 Å². The highest BCUT2D eigenvalue weighted by molar-refractivity contribution is 7.16. The van der Waals surface area contributed by atoms with Crippen LogP contribution in [0.5, 0.6) is 0 Å². The summed E-state index contributed by atoms with van der Waals surface area (Å²) in [6.07, 6.45) is 4.04. The monoisotopic (exact) mass is 351 g/mol. The second kappa shape index (κ2) is 7.61. The molecular formula is C17H21NO5S. The number of thiophene rings is 1. The Morgan fingerprint density at radius 3 is 2.46 bits per heavy atom. The average molecular weight is 351 g/mol. The minimum absolute atomic E-state index is 0.263. The number of esters is 1. The molecule has 2 N–H and O–H groups in total. The first kappa shape index (κ1) is 18.2. The smallest absolute Gasteiger partial charge is 0.341 e. The Kier molecular flexibility index (Phi) is 5.77. The third-order valence-corrected chi connectivity index (χ3v) is 4.71. The number of ether oxygens (including phenoxy) is 1. The molecule has 1 amide bonds. The summed E-state index contributed by atoms with van der Waals surface area (Å²) in [6.45, 7) is 5.33. The number of carboxylic acids is 1. The summed E-state index contributed by atoms with van der Waals surface area (Å²) >= 11 is 1.27. The van der Waals surface area contributed by atoms with E-state index in [-0.39, 0.29) is 12.0 Å². The molecule has 1 aromatic rings. The molecule has 2 atom stereocenters. The van der Waals surface area contributed by atoms with Crippen molar-refractivity contribution >= 4 is 34.2 Å². The van der Waals surface area contributed by atoms with Gasteiger partial charge in [-0.15, -0.1) is 11.3 Å². The first-order valence-corrected chi connectivity index (χ1v) is 8.61. The molecule has 6 nitrogen and oxygen atoms in total. The van der Waals surface area contributed by atoms with Crippen LogP contribution >= 0.6 is 11.3 Å². The number of nitrogens with one attached hydrogen (secondary N) is 1. The average Bonchev–Trinajstić information content (AvgIpc) is 2.87. The van der Waals surface area contributed by atoms with Crippen molar-refractivity contribution in [2.45, 2.75) is 39.7 Å². The molecule has 0 saturated carbocycles. The molecule has 0 saturated heterocycles. The number of allylic oxidation sites excluding steroid dienone is 2. The standard InChI is InChI=1S/C17H21NO5S/c1-9(2)23-17(22)13-8-10(3)24-15(13)18-14(19)11-6-4-5-7-12(11)16(20)21/h4-5,8-9,11-12H,6-7H2,1-3H3,(H,18,19)(H,20,21). The van der Waals surface area contributed by atoms with Crippen LogP contribution in [0.4, 0.5) is 5.00 Å². The molecule has 0 radical (unpaired) electrons. The number of anilines is 1. The number of rotatable bonds is 5. The molecule has 0 aromatic carbocycles. The van der Waals surface area contributed by atoms with Gasteiger partial charge in [0.1, 0.15) is 5.00 Å². The molecule has 24 heavy (non-hydrogen) atoms. The van der Waals surface area contributed by atoms with Crippen molar-refractivity contribution in [3.63, 3.8) is 0 Å². The van der Waals surface area contributed by atoms with Crippen LogP contribution in [0.1, 0.15) is 41.9 Å². The van der Waals surface area contributed by atoms with Crippen LogP contribution < -0.4 is 5.32 Å². The maximum Gasteiger partial charge on any atom is 0.341 e. The summed E-state index contributed by atoms with van der Waals surface area (Å²) in [5.41, 5.74) is 0.303. The molecule has 0 aliphatic heterocycles. The maximum absolute atomic E-state index is 12.5. The largest absolute Gasteiger partial charge is 0.481 e. The molecule has 0 bridgehead atoms. The zero-order chi connectivity index (χ0) is 17.9. The number of carbonyl (C=O) groups is 3. The number of hydrogen-bond acceptors (Lipinski definition) is 5. The number of aliphatic carboxylic acids is 1. The molecule has 7 heteroatoms. The molecule has 1 aliphatic rings. The van der Waals surface area contributed by atoms with Gasteiger partial charge in [-0.1, -0.05) is 12.2 Å². The molecule has 130 valence electrons. The molecule has 1 aromatic heterocycles. The van der Waals surface area contributed by atoms with E-state index in [1.165, 1.54) is 11.3 Å². The van der Waals surface area contributed by atoms with Gasteiger partial charge in [0.05, 0.1) is 23.5 Å². The van der Waals surface area contributed by atoms with E-state index in [9.17, 15) is 19.5 Å². The first-order valence-electron chi connectivity index (χ1n) is 7.79. The van der Waals surface area contributed by atoms with Crippen molar-refractivity contribution in [2.75, 3.05) is 5.32 Å². The predicted octanol–water partition coefficient (Wildman–Crippen LogP) is 3.23. The Morgan fingerprint density at radius 2 is 1.88 bits per heavy atom. The van der Waals surface area contributed by atoms with Gasteiger partial charge in [-0.25, -0.2) is 4.79 Å². The molecule has 0 spiro atoms. The van der Waals surface area contributed by atoms with Crippen molar-refractivity contribution in [1.82, 2.24) is 0 Å². The molecule has 0 fully saturated rings. The summed E-state index contributed by atoms with van der Waals surface area (Å²) < 4.78 is 5.19. The molecule has 1 heterocycles. The van der Waals surface area contributed by atoms with E-state index < -0.39 is 23.8 Å². The van der Waals surface area contributed by atoms with Gasteiger partial charge < -0.3 is 15.2 Å². The molecular weight excluding hydrogens is 330 g/mol. The van der Waals surface area contributed by atoms with E-state index in [0.717, 1.165) is 4.88 Å². The number of aryl methyl sites for hydroxylation is 1. The topological polar surface area (TPSA) is 92.7 Å². The van der Waals surface area contributed by atoms with Crippen molar-refractivity contribution < 1.29 is 24.2 Å². The Hall–Kier alpha value is -2.15. The van der Waals surface area contributed by atoms with Gasteiger partial charge in [0.2, 0.25) is 5.91 Å². The fourth-order valence-electron chi connectivity index (χ4n) is 2.62. The lowest BCUT2D eigenvalue weighted by molar-refractivity contribution is -0.146. The van der Waals surface area contributed by atoms with Gasteiger partial charge in [-0.05, 0) is 39.7 Å². The zero-order valence-electron chi connectivity index (χ0n) is 13.9. The van der Waals surface area contributed by atoms with Gasteiger partial charge in [0, 0.05) is 4.88 Å².